The van der Waals surface area contributed by atoms with E-state index in [1.54, 1.807) is 12.1 Å². The largest absolute Gasteiger partial charge is 0.507 e. The molecule has 2 aliphatic rings. The normalized spacial score (nSPS) is 23.0. The number of nitrogens with one attached hydrogen (secondary N) is 1. The topological polar surface area (TPSA) is 91.7 Å². The van der Waals surface area contributed by atoms with E-state index in [9.17, 15) is 23.1 Å². The summed E-state index contributed by atoms with van der Waals surface area (Å²) in [6.45, 7) is 1.05. The fraction of sp³-hybridized carbons (Fsp3) is 0.360. The molecule has 0 radical (unpaired) electrons. The van der Waals surface area contributed by atoms with Crippen molar-refractivity contribution in [3.63, 3.8) is 0 Å². The first-order valence-corrected chi connectivity index (χ1v) is 11.1. The average Bonchev–Trinajstić information content (AvgIpc) is 2.80. The number of fused-ring (bicyclic) bond motifs is 1. The van der Waals surface area contributed by atoms with Crippen LogP contribution in [0.5, 0.6) is 5.75 Å². The second-order valence-corrected chi connectivity index (χ2v) is 8.96. The van der Waals surface area contributed by atoms with Crippen LogP contribution in [0.2, 0.25) is 0 Å². The molecule has 2 fully saturated rings. The molecule has 6 nitrogen and oxygen atoms in total. The Morgan fingerprint density at radius 2 is 1.85 bits per heavy atom. The number of pyridine rings is 1. The zero-order valence-corrected chi connectivity index (χ0v) is 18.2. The Hall–Kier alpha value is -3.33. The van der Waals surface area contributed by atoms with Gasteiger partial charge in [-0.2, -0.15) is 0 Å². The molecule has 3 N–H and O–H groups in total. The van der Waals surface area contributed by atoms with E-state index in [0.717, 1.165) is 12.1 Å². The van der Waals surface area contributed by atoms with Crippen molar-refractivity contribution in [2.24, 2.45) is 0 Å². The standard InChI is InChI=1S/C25H23F3N2O4/c26-17-5-4-14(10-18(17)27)20-16-2-1-3-19(31)21(16)23(29-15-11-25(28,12-15)24(32)33)30-22(20)13-6-8-34-9-7-13/h1-5,10,13,15,31H,6-9,11-12H2,(H,29,30)(H,32,33)/t15-,25+. The molecular weight excluding hydrogens is 449 g/mol. The summed E-state index contributed by atoms with van der Waals surface area (Å²) in [5, 5.41) is 23.8. The van der Waals surface area contributed by atoms with Crippen LogP contribution < -0.4 is 5.32 Å². The maximum Gasteiger partial charge on any atom is 0.341 e. The summed E-state index contributed by atoms with van der Waals surface area (Å²) in [4.78, 5) is 16.0. The van der Waals surface area contributed by atoms with Crippen LogP contribution in [0, 0.1) is 11.6 Å². The Kier molecular flexibility index (Phi) is 5.59. The highest BCUT2D eigenvalue weighted by Gasteiger charge is 2.51. The lowest BCUT2D eigenvalue weighted by molar-refractivity contribution is -0.157. The molecule has 3 aromatic rings. The van der Waals surface area contributed by atoms with E-state index >= 15 is 0 Å². The number of ether oxygens (including phenoxy) is 1. The molecule has 0 amide bonds. The third-order valence-electron chi connectivity index (χ3n) is 6.72. The number of aromatic nitrogens is 1. The van der Waals surface area contributed by atoms with Gasteiger partial charge in [0.2, 0.25) is 5.67 Å². The minimum atomic E-state index is -2.29. The highest BCUT2D eigenvalue weighted by molar-refractivity contribution is 6.06. The summed E-state index contributed by atoms with van der Waals surface area (Å²) in [6.07, 6.45) is 0.889. The van der Waals surface area contributed by atoms with Crippen LogP contribution >= 0.6 is 0 Å². The summed E-state index contributed by atoms with van der Waals surface area (Å²) >= 11 is 0. The van der Waals surface area contributed by atoms with Crippen molar-refractivity contribution >= 4 is 22.6 Å². The predicted molar refractivity (Wildman–Crippen MR) is 120 cm³/mol. The number of hydrogen-bond acceptors (Lipinski definition) is 5. The lowest BCUT2D eigenvalue weighted by Gasteiger charge is -2.39. The smallest absolute Gasteiger partial charge is 0.341 e. The first-order valence-electron chi connectivity index (χ1n) is 11.1. The first-order chi connectivity index (χ1) is 16.3. The van der Waals surface area contributed by atoms with Crippen LogP contribution in [-0.2, 0) is 9.53 Å². The van der Waals surface area contributed by atoms with Crippen LogP contribution in [0.25, 0.3) is 21.9 Å². The van der Waals surface area contributed by atoms with E-state index in [1.165, 1.54) is 12.1 Å². The minimum Gasteiger partial charge on any atom is -0.507 e. The molecule has 178 valence electrons. The molecule has 5 rings (SSSR count). The summed E-state index contributed by atoms with van der Waals surface area (Å²) in [6, 6.07) is 8.06. The second kappa shape index (κ2) is 8.47. The van der Waals surface area contributed by atoms with Gasteiger partial charge in [-0.3, -0.25) is 0 Å². The molecule has 0 unspecified atom stereocenters. The van der Waals surface area contributed by atoms with Crippen LogP contribution in [0.15, 0.2) is 36.4 Å². The van der Waals surface area contributed by atoms with Crippen molar-refractivity contribution in [1.29, 1.82) is 0 Å². The van der Waals surface area contributed by atoms with Gasteiger partial charge in [-0.25, -0.2) is 22.9 Å². The number of phenols is 1. The predicted octanol–water partition coefficient (Wildman–Crippen LogP) is 5.15. The quantitative estimate of drug-likeness (QED) is 0.476. The number of carboxylic acids is 1. The van der Waals surface area contributed by atoms with Crippen molar-refractivity contribution in [2.75, 3.05) is 18.5 Å². The Labute approximate surface area is 193 Å². The van der Waals surface area contributed by atoms with Gasteiger partial charge in [0.1, 0.15) is 11.6 Å². The van der Waals surface area contributed by atoms with Gasteiger partial charge in [0.15, 0.2) is 11.6 Å². The second-order valence-electron chi connectivity index (χ2n) is 8.96. The maximum atomic E-state index is 14.3. The van der Waals surface area contributed by atoms with Gasteiger partial charge < -0.3 is 20.3 Å². The number of carboxylic acid groups (broad SMARTS) is 1. The maximum absolute atomic E-state index is 14.3. The molecule has 1 saturated heterocycles. The number of halogens is 3. The molecule has 0 bridgehead atoms. The van der Waals surface area contributed by atoms with Gasteiger partial charge >= 0.3 is 5.97 Å². The number of hydrogen-bond donors (Lipinski definition) is 3. The van der Waals surface area contributed by atoms with Crippen LogP contribution in [0.3, 0.4) is 0 Å². The number of alkyl halides is 1. The van der Waals surface area contributed by atoms with Gasteiger partial charge in [0.05, 0.1) is 11.1 Å². The lowest BCUT2D eigenvalue weighted by Crippen LogP contribution is -2.52. The van der Waals surface area contributed by atoms with Gasteiger partial charge in [-0.05, 0) is 42.0 Å². The molecule has 9 heteroatoms. The monoisotopic (exact) mass is 472 g/mol. The Balaban J connectivity index is 1.67. The zero-order chi connectivity index (χ0) is 24.0. The summed E-state index contributed by atoms with van der Waals surface area (Å²) in [5.41, 5.74) is -0.641. The first kappa shape index (κ1) is 22.5. The van der Waals surface area contributed by atoms with E-state index in [-0.39, 0.29) is 24.5 Å². The van der Waals surface area contributed by atoms with Crippen molar-refractivity contribution in [1.82, 2.24) is 4.98 Å². The molecule has 1 aliphatic heterocycles. The Bertz CT molecular complexity index is 1270. The molecule has 34 heavy (non-hydrogen) atoms. The fourth-order valence-electron chi connectivity index (χ4n) is 4.88. The molecule has 1 saturated carbocycles. The number of aliphatic carboxylic acids is 1. The van der Waals surface area contributed by atoms with Crippen molar-refractivity contribution < 1.29 is 32.9 Å². The number of carbonyl (C=O) groups is 1. The Morgan fingerprint density at radius 1 is 1.12 bits per heavy atom. The van der Waals surface area contributed by atoms with Gasteiger partial charge in [-0.15, -0.1) is 0 Å². The minimum absolute atomic E-state index is 0.0372. The summed E-state index contributed by atoms with van der Waals surface area (Å²) in [7, 11) is 0. The number of phenolic OH excluding ortho intramolecular Hbond substituents is 1. The van der Waals surface area contributed by atoms with Gasteiger partial charge in [-0.1, -0.05) is 18.2 Å². The number of aromatic hydroxyl groups is 1. The zero-order valence-electron chi connectivity index (χ0n) is 18.2. The lowest BCUT2D eigenvalue weighted by atomic mass is 9.77. The van der Waals surface area contributed by atoms with Crippen LogP contribution in [-0.4, -0.2) is 46.1 Å². The summed E-state index contributed by atoms with van der Waals surface area (Å²) < 4.78 is 47.7. The number of rotatable bonds is 5. The number of nitrogens with zero attached hydrogens (tertiary/aromatic N) is 1. The van der Waals surface area contributed by atoms with E-state index in [4.69, 9.17) is 14.8 Å². The Morgan fingerprint density at radius 3 is 2.53 bits per heavy atom. The van der Waals surface area contributed by atoms with E-state index < -0.39 is 29.3 Å². The summed E-state index contributed by atoms with van der Waals surface area (Å²) in [5.74, 6) is -3.27. The number of benzene rings is 2. The van der Waals surface area contributed by atoms with Crippen molar-refractivity contribution in [3.8, 4) is 16.9 Å². The van der Waals surface area contributed by atoms with Crippen LogP contribution in [0.1, 0.15) is 37.3 Å². The SMILES string of the molecule is O=C(O)[C@]1(F)C[C@@H](Nc2nc(C3CCOCC3)c(-c3ccc(F)c(F)c3)c3cccc(O)c23)C1. The fourth-order valence-corrected chi connectivity index (χ4v) is 4.88. The van der Waals surface area contributed by atoms with E-state index in [2.05, 4.69) is 5.32 Å². The molecule has 2 aromatic carbocycles. The molecule has 1 aliphatic carbocycles. The van der Waals surface area contributed by atoms with Crippen LogP contribution in [0.4, 0.5) is 19.0 Å². The van der Waals surface area contributed by atoms with Gasteiger partial charge in [0, 0.05) is 43.6 Å². The highest BCUT2D eigenvalue weighted by Crippen LogP contribution is 2.45. The molecule has 0 spiro atoms. The highest BCUT2D eigenvalue weighted by atomic mass is 19.2. The van der Waals surface area contributed by atoms with Gasteiger partial charge in [0.25, 0.3) is 0 Å². The molecule has 2 heterocycles. The molecule has 0 atom stereocenters. The molecule has 1 aromatic heterocycles. The van der Waals surface area contributed by atoms with E-state index in [1.807, 2.05) is 0 Å². The van der Waals surface area contributed by atoms with Crippen molar-refractivity contribution in [3.05, 3.63) is 53.7 Å². The molecular formula is C25H23F3N2O4. The van der Waals surface area contributed by atoms with Crippen molar-refractivity contribution in [2.45, 2.75) is 43.3 Å². The number of anilines is 1. The third-order valence-corrected chi connectivity index (χ3v) is 6.72. The van der Waals surface area contributed by atoms with E-state index in [0.29, 0.717) is 59.5 Å². The average molecular weight is 472 g/mol. The third kappa shape index (κ3) is 3.83.